The maximum absolute atomic E-state index is 6.26. The number of para-hydroxylation sites is 5. The number of rotatable bonds is 9. The molecule has 10 aromatic rings. The van der Waals surface area contributed by atoms with E-state index in [2.05, 4.69) is 228 Å². The Morgan fingerprint density at radius 1 is 0.263 bits per heavy atom. The molecule has 0 bridgehead atoms. The van der Waals surface area contributed by atoms with E-state index in [1.807, 2.05) is 12.1 Å². The van der Waals surface area contributed by atoms with Gasteiger partial charge in [-0.25, -0.2) is 0 Å². The van der Waals surface area contributed by atoms with E-state index in [0.717, 1.165) is 78.3 Å². The Bertz CT molecular complexity index is 2900. The van der Waals surface area contributed by atoms with Gasteiger partial charge in [0, 0.05) is 44.6 Å². The van der Waals surface area contributed by atoms with Gasteiger partial charge in [-0.15, -0.1) is 0 Å². The van der Waals surface area contributed by atoms with Gasteiger partial charge in [-0.05, 0) is 95.1 Å². The summed E-state index contributed by atoms with van der Waals surface area (Å²) < 4.78 is 6.26. The zero-order valence-electron chi connectivity index (χ0n) is 31.2. The zero-order valence-corrected chi connectivity index (χ0v) is 31.2. The van der Waals surface area contributed by atoms with E-state index in [-0.39, 0.29) is 0 Å². The molecule has 0 aliphatic carbocycles. The summed E-state index contributed by atoms with van der Waals surface area (Å²) in [5, 5.41) is 2.26. The van der Waals surface area contributed by atoms with Crippen LogP contribution in [0.5, 0.6) is 0 Å². The summed E-state index contributed by atoms with van der Waals surface area (Å²) in [6.07, 6.45) is 0. The minimum Gasteiger partial charge on any atom is -0.456 e. The number of benzene rings is 9. The highest BCUT2D eigenvalue weighted by molar-refractivity contribution is 6.12. The SMILES string of the molecule is c1ccc(-c2ccc(N(c3ccc(-c4cccc5oc6ccccc6c45)cc3)c3ccccc3-c3ccccc3N(c3ccccc3)c3ccccc3)cc2)cc1. The predicted molar refractivity (Wildman–Crippen MR) is 239 cm³/mol. The zero-order chi connectivity index (χ0) is 38.0. The second kappa shape index (κ2) is 14.9. The summed E-state index contributed by atoms with van der Waals surface area (Å²) in [5.41, 5.74) is 15.2. The average Bonchev–Trinajstić information content (AvgIpc) is 3.68. The monoisotopic (exact) mass is 730 g/mol. The minimum atomic E-state index is 0.894. The molecule has 0 unspecified atom stereocenters. The Kier molecular flexibility index (Phi) is 8.86. The summed E-state index contributed by atoms with van der Waals surface area (Å²) in [4.78, 5) is 4.73. The Labute approximate surface area is 333 Å². The van der Waals surface area contributed by atoms with Crippen LogP contribution in [-0.4, -0.2) is 0 Å². The molecule has 0 spiro atoms. The molecule has 0 aliphatic rings. The molecule has 57 heavy (non-hydrogen) atoms. The van der Waals surface area contributed by atoms with Crippen molar-refractivity contribution in [3.63, 3.8) is 0 Å². The molecule has 0 radical (unpaired) electrons. The molecule has 3 nitrogen and oxygen atoms in total. The third-order valence-electron chi connectivity index (χ3n) is 10.7. The van der Waals surface area contributed by atoms with Crippen molar-refractivity contribution in [1.82, 2.24) is 0 Å². The van der Waals surface area contributed by atoms with Crippen LogP contribution >= 0.6 is 0 Å². The first kappa shape index (κ1) is 33.9. The standard InChI is InChI=1S/C54H38N2O/c1-4-17-39(18-5-1)40-31-35-44(36-32-40)56(45-37-33-41(34-38-45)46-26-16-30-53-54(46)49-25-12-15-29-52(49)57-53)51-28-14-11-24-48(51)47-23-10-13-27-50(47)55(42-19-6-2-7-20-42)43-21-8-3-9-22-43/h1-38H. The first-order valence-electron chi connectivity index (χ1n) is 19.4. The fourth-order valence-corrected chi connectivity index (χ4v) is 8.04. The topological polar surface area (TPSA) is 19.6 Å². The van der Waals surface area contributed by atoms with Gasteiger partial charge < -0.3 is 14.2 Å². The number of anilines is 6. The van der Waals surface area contributed by atoms with Crippen LogP contribution in [-0.2, 0) is 0 Å². The molecular weight excluding hydrogens is 693 g/mol. The van der Waals surface area contributed by atoms with Gasteiger partial charge in [0.25, 0.3) is 0 Å². The fraction of sp³-hybridized carbons (Fsp3) is 0. The molecule has 3 heteroatoms. The Morgan fingerprint density at radius 3 is 1.25 bits per heavy atom. The van der Waals surface area contributed by atoms with Crippen LogP contribution in [0.2, 0.25) is 0 Å². The third kappa shape index (κ3) is 6.41. The third-order valence-corrected chi connectivity index (χ3v) is 10.7. The lowest BCUT2D eigenvalue weighted by molar-refractivity contribution is 0.669. The molecule has 0 saturated carbocycles. The number of fused-ring (bicyclic) bond motifs is 3. The summed E-state index contributed by atoms with van der Waals surface area (Å²) in [7, 11) is 0. The van der Waals surface area contributed by atoms with Crippen LogP contribution in [0.25, 0.3) is 55.3 Å². The van der Waals surface area contributed by atoms with Gasteiger partial charge in [0.2, 0.25) is 0 Å². The summed E-state index contributed by atoms with van der Waals surface area (Å²) in [6, 6.07) is 81.7. The minimum absolute atomic E-state index is 0.894. The molecule has 0 amide bonds. The van der Waals surface area contributed by atoms with Crippen molar-refractivity contribution in [1.29, 1.82) is 0 Å². The molecule has 9 aromatic carbocycles. The molecule has 1 heterocycles. The summed E-state index contributed by atoms with van der Waals surface area (Å²) >= 11 is 0. The molecule has 0 aliphatic heterocycles. The van der Waals surface area contributed by atoms with Gasteiger partial charge in [-0.3, -0.25) is 0 Å². The van der Waals surface area contributed by atoms with E-state index in [1.54, 1.807) is 0 Å². The predicted octanol–water partition coefficient (Wildman–Crippen LogP) is 15.5. The van der Waals surface area contributed by atoms with E-state index in [1.165, 1.54) is 11.1 Å². The van der Waals surface area contributed by atoms with Gasteiger partial charge >= 0.3 is 0 Å². The first-order chi connectivity index (χ1) is 28.3. The van der Waals surface area contributed by atoms with Crippen LogP contribution < -0.4 is 9.80 Å². The van der Waals surface area contributed by atoms with E-state index in [9.17, 15) is 0 Å². The molecule has 270 valence electrons. The maximum atomic E-state index is 6.26. The lowest BCUT2D eigenvalue weighted by Gasteiger charge is -2.31. The van der Waals surface area contributed by atoms with Gasteiger partial charge in [-0.1, -0.05) is 158 Å². The van der Waals surface area contributed by atoms with Crippen molar-refractivity contribution in [3.8, 4) is 33.4 Å². The number of hydrogen-bond acceptors (Lipinski definition) is 3. The quantitative estimate of drug-likeness (QED) is 0.147. The van der Waals surface area contributed by atoms with Crippen LogP contribution in [0.1, 0.15) is 0 Å². The lowest BCUT2D eigenvalue weighted by Crippen LogP contribution is -2.13. The van der Waals surface area contributed by atoms with Crippen LogP contribution in [0.3, 0.4) is 0 Å². The summed E-state index contributed by atoms with van der Waals surface area (Å²) in [6.45, 7) is 0. The Hall–Kier alpha value is -7.62. The van der Waals surface area contributed by atoms with Crippen molar-refractivity contribution >= 4 is 56.1 Å². The number of furan rings is 1. The second-order valence-electron chi connectivity index (χ2n) is 14.1. The van der Waals surface area contributed by atoms with Gasteiger partial charge in [-0.2, -0.15) is 0 Å². The van der Waals surface area contributed by atoms with Crippen molar-refractivity contribution in [3.05, 3.63) is 231 Å². The first-order valence-corrected chi connectivity index (χ1v) is 19.4. The molecule has 10 rings (SSSR count). The molecule has 0 atom stereocenters. The van der Waals surface area contributed by atoms with E-state index in [0.29, 0.717) is 0 Å². The highest BCUT2D eigenvalue weighted by Crippen LogP contribution is 2.47. The van der Waals surface area contributed by atoms with Crippen LogP contribution in [0.4, 0.5) is 34.1 Å². The average molecular weight is 731 g/mol. The normalized spacial score (nSPS) is 11.2. The fourth-order valence-electron chi connectivity index (χ4n) is 8.04. The molecular formula is C54H38N2O. The molecule has 0 fully saturated rings. The van der Waals surface area contributed by atoms with Crippen LogP contribution in [0, 0.1) is 0 Å². The Balaban J connectivity index is 1.13. The number of nitrogens with zero attached hydrogens (tertiary/aromatic N) is 2. The highest BCUT2D eigenvalue weighted by atomic mass is 16.3. The maximum Gasteiger partial charge on any atom is 0.136 e. The van der Waals surface area contributed by atoms with E-state index in [4.69, 9.17) is 4.42 Å². The van der Waals surface area contributed by atoms with Gasteiger partial charge in [0.15, 0.2) is 0 Å². The molecule has 0 saturated heterocycles. The van der Waals surface area contributed by atoms with E-state index < -0.39 is 0 Å². The summed E-state index contributed by atoms with van der Waals surface area (Å²) in [5.74, 6) is 0. The van der Waals surface area contributed by atoms with Crippen molar-refractivity contribution in [2.45, 2.75) is 0 Å². The van der Waals surface area contributed by atoms with Crippen molar-refractivity contribution < 1.29 is 4.42 Å². The lowest BCUT2D eigenvalue weighted by atomic mass is 9.97. The van der Waals surface area contributed by atoms with Crippen molar-refractivity contribution in [2.75, 3.05) is 9.80 Å². The molecule has 1 aromatic heterocycles. The number of hydrogen-bond donors (Lipinski definition) is 0. The van der Waals surface area contributed by atoms with Crippen molar-refractivity contribution in [2.24, 2.45) is 0 Å². The van der Waals surface area contributed by atoms with E-state index >= 15 is 0 Å². The largest absolute Gasteiger partial charge is 0.456 e. The van der Waals surface area contributed by atoms with Gasteiger partial charge in [0.05, 0.1) is 11.4 Å². The van der Waals surface area contributed by atoms with Gasteiger partial charge in [0.1, 0.15) is 11.2 Å². The second-order valence-corrected chi connectivity index (χ2v) is 14.1. The van der Waals surface area contributed by atoms with Crippen LogP contribution in [0.15, 0.2) is 235 Å². The Morgan fingerprint density at radius 2 is 0.667 bits per heavy atom. The molecule has 0 N–H and O–H groups in total. The smallest absolute Gasteiger partial charge is 0.136 e. The highest BCUT2D eigenvalue weighted by Gasteiger charge is 2.22.